The van der Waals surface area contributed by atoms with Gasteiger partial charge >= 0.3 is 11.9 Å². The highest BCUT2D eigenvalue weighted by Crippen LogP contribution is 2.39. The average Bonchev–Trinajstić information content (AvgIpc) is 2.86. The zero-order chi connectivity index (χ0) is 16.0. The molecule has 8 heteroatoms. The second-order valence-electron chi connectivity index (χ2n) is 5.77. The fraction of sp³-hybridized carbons (Fsp3) is 0.857. The summed E-state index contributed by atoms with van der Waals surface area (Å²) in [5.41, 5.74) is 0. The van der Waals surface area contributed by atoms with Gasteiger partial charge in [0, 0.05) is 13.8 Å². The van der Waals surface area contributed by atoms with Crippen molar-refractivity contribution in [2.24, 2.45) is 0 Å². The van der Waals surface area contributed by atoms with Gasteiger partial charge < -0.3 is 28.4 Å². The molecule has 0 aliphatic carbocycles. The van der Waals surface area contributed by atoms with Crippen LogP contribution in [0.15, 0.2) is 0 Å². The molecule has 124 valence electrons. The quantitative estimate of drug-likeness (QED) is 0.664. The van der Waals surface area contributed by atoms with Crippen molar-refractivity contribution in [3.05, 3.63) is 0 Å². The third-order valence-electron chi connectivity index (χ3n) is 3.99. The minimum absolute atomic E-state index is 0.359. The van der Waals surface area contributed by atoms with Crippen molar-refractivity contribution < 1.29 is 38.0 Å². The molecule has 0 amide bonds. The van der Waals surface area contributed by atoms with Crippen LogP contribution in [0.2, 0.25) is 0 Å². The Morgan fingerprint density at radius 2 is 1.09 bits per heavy atom. The van der Waals surface area contributed by atoms with Crippen molar-refractivity contribution in [3.8, 4) is 0 Å². The fourth-order valence-electron chi connectivity index (χ4n) is 3.10. The van der Waals surface area contributed by atoms with E-state index in [0.29, 0.717) is 0 Å². The number of carbonyl (C=O) groups is 2. The summed E-state index contributed by atoms with van der Waals surface area (Å²) < 4.78 is 33.5. The van der Waals surface area contributed by atoms with Crippen LogP contribution in [-0.4, -0.2) is 61.1 Å². The minimum Gasteiger partial charge on any atom is -0.457 e. The lowest BCUT2D eigenvalue weighted by molar-refractivity contribution is -0.318. The van der Waals surface area contributed by atoms with Gasteiger partial charge in [0.25, 0.3) is 0 Å². The predicted molar refractivity (Wildman–Crippen MR) is 69.5 cm³/mol. The van der Waals surface area contributed by atoms with Crippen molar-refractivity contribution in [2.45, 2.75) is 76.9 Å². The van der Waals surface area contributed by atoms with Crippen molar-refractivity contribution in [2.75, 3.05) is 0 Å². The Bertz CT molecular complexity index is 424. The SMILES string of the molecule is CC(=O)OC1C(C)OC2OC3C(OC(C)C3OC(C)=O)OC21. The molecular formula is C14H20O8. The van der Waals surface area contributed by atoms with E-state index in [-0.39, 0.29) is 12.2 Å². The molecule has 22 heavy (non-hydrogen) atoms. The summed E-state index contributed by atoms with van der Waals surface area (Å²) in [5, 5.41) is 0. The Kier molecular flexibility index (Phi) is 4.11. The van der Waals surface area contributed by atoms with Gasteiger partial charge in [-0.15, -0.1) is 0 Å². The summed E-state index contributed by atoms with van der Waals surface area (Å²) in [7, 11) is 0. The molecule has 8 unspecified atom stereocenters. The molecule has 3 aliphatic rings. The van der Waals surface area contributed by atoms with Crippen LogP contribution in [0.3, 0.4) is 0 Å². The number of carbonyl (C=O) groups excluding carboxylic acids is 2. The van der Waals surface area contributed by atoms with E-state index in [9.17, 15) is 9.59 Å². The maximum Gasteiger partial charge on any atom is 0.303 e. The number of hydrogen-bond donors (Lipinski definition) is 0. The molecule has 3 heterocycles. The normalized spacial score (nSPS) is 46.7. The topological polar surface area (TPSA) is 89.5 Å². The third-order valence-corrected chi connectivity index (χ3v) is 3.99. The van der Waals surface area contributed by atoms with E-state index in [0.717, 1.165) is 0 Å². The molecule has 0 spiro atoms. The monoisotopic (exact) mass is 316 g/mol. The van der Waals surface area contributed by atoms with Gasteiger partial charge in [-0.25, -0.2) is 0 Å². The molecule has 8 nitrogen and oxygen atoms in total. The second-order valence-corrected chi connectivity index (χ2v) is 5.77. The van der Waals surface area contributed by atoms with Crippen LogP contribution in [0.1, 0.15) is 27.7 Å². The van der Waals surface area contributed by atoms with Crippen LogP contribution in [0.5, 0.6) is 0 Å². The minimum atomic E-state index is -0.687. The van der Waals surface area contributed by atoms with E-state index in [1.165, 1.54) is 13.8 Å². The third kappa shape index (κ3) is 2.71. The summed E-state index contributed by atoms with van der Waals surface area (Å²) in [5.74, 6) is -0.823. The standard InChI is InChI=1S/C14H20O8/c1-5-9(19-7(3)15)11-13(17-5)22-12-10(20-8(4)16)6(2)18-14(12)21-11/h5-6,9-14H,1-4H3. The summed E-state index contributed by atoms with van der Waals surface area (Å²) in [6.45, 7) is 6.22. The lowest BCUT2D eigenvalue weighted by atomic mass is 10.1. The smallest absolute Gasteiger partial charge is 0.303 e. The average molecular weight is 316 g/mol. The molecule has 3 fully saturated rings. The summed E-state index contributed by atoms with van der Waals surface area (Å²) in [6.07, 6.45) is -4.35. The first-order valence-electron chi connectivity index (χ1n) is 7.33. The second kappa shape index (κ2) is 5.77. The summed E-state index contributed by atoms with van der Waals surface area (Å²) >= 11 is 0. The fourth-order valence-corrected chi connectivity index (χ4v) is 3.10. The highest BCUT2D eigenvalue weighted by molar-refractivity contribution is 5.66. The highest BCUT2D eigenvalue weighted by Gasteiger charge is 2.58. The zero-order valence-corrected chi connectivity index (χ0v) is 12.9. The van der Waals surface area contributed by atoms with E-state index < -0.39 is 48.9 Å². The molecule has 0 aromatic heterocycles. The van der Waals surface area contributed by atoms with E-state index in [1.807, 2.05) is 0 Å². The van der Waals surface area contributed by atoms with Crippen LogP contribution in [0, 0.1) is 0 Å². The molecule has 0 bridgehead atoms. The molecule has 8 atom stereocenters. The van der Waals surface area contributed by atoms with E-state index in [1.54, 1.807) is 13.8 Å². The first-order valence-corrected chi connectivity index (χ1v) is 7.33. The number of ether oxygens (including phenoxy) is 6. The molecule has 3 saturated heterocycles. The molecule has 0 saturated carbocycles. The van der Waals surface area contributed by atoms with E-state index in [2.05, 4.69) is 0 Å². The van der Waals surface area contributed by atoms with Crippen LogP contribution < -0.4 is 0 Å². The molecule has 0 aromatic rings. The van der Waals surface area contributed by atoms with Gasteiger partial charge in [0.15, 0.2) is 37.0 Å². The Labute approximate surface area is 127 Å². The van der Waals surface area contributed by atoms with Crippen LogP contribution >= 0.6 is 0 Å². The lowest BCUT2D eigenvalue weighted by Crippen LogP contribution is -2.52. The summed E-state index contributed by atoms with van der Waals surface area (Å²) in [4.78, 5) is 22.4. The van der Waals surface area contributed by atoms with Crippen molar-refractivity contribution in [3.63, 3.8) is 0 Å². The summed E-state index contributed by atoms with van der Waals surface area (Å²) in [6, 6.07) is 0. The van der Waals surface area contributed by atoms with Crippen LogP contribution in [-0.2, 0) is 38.0 Å². The Hall–Kier alpha value is -1.22. The number of hydrogen-bond acceptors (Lipinski definition) is 8. The molecule has 3 rings (SSSR count). The Balaban J connectivity index is 1.73. The molecule has 0 aromatic carbocycles. The zero-order valence-electron chi connectivity index (χ0n) is 12.9. The van der Waals surface area contributed by atoms with Gasteiger partial charge in [-0.1, -0.05) is 0 Å². The Morgan fingerprint density at radius 3 is 1.41 bits per heavy atom. The molecular weight excluding hydrogens is 296 g/mol. The maximum atomic E-state index is 11.2. The first-order chi connectivity index (χ1) is 10.4. The Morgan fingerprint density at radius 1 is 0.727 bits per heavy atom. The van der Waals surface area contributed by atoms with Crippen molar-refractivity contribution >= 4 is 11.9 Å². The predicted octanol–water partition coefficient (Wildman–Crippen LogP) is 0.123. The largest absolute Gasteiger partial charge is 0.457 e. The van der Waals surface area contributed by atoms with Gasteiger partial charge in [0.05, 0.1) is 12.2 Å². The molecule has 3 aliphatic heterocycles. The van der Waals surface area contributed by atoms with Crippen molar-refractivity contribution in [1.82, 2.24) is 0 Å². The molecule has 0 radical (unpaired) electrons. The number of esters is 2. The van der Waals surface area contributed by atoms with Gasteiger partial charge in [0.1, 0.15) is 0 Å². The van der Waals surface area contributed by atoms with E-state index >= 15 is 0 Å². The van der Waals surface area contributed by atoms with Gasteiger partial charge in [0.2, 0.25) is 0 Å². The molecule has 0 N–H and O–H groups in total. The number of rotatable bonds is 2. The van der Waals surface area contributed by atoms with Crippen LogP contribution in [0.25, 0.3) is 0 Å². The van der Waals surface area contributed by atoms with Gasteiger partial charge in [-0.3, -0.25) is 9.59 Å². The lowest BCUT2D eigenvalue weighted by Gasteiger charge is -2.35. The highest BCUT2D eigenvalue weighted by atomic mass is 16.8. The van der Waals surface area contributed by atoms with Crippen LogP contribution in [0.4, 0.5) is 0 Å². The van der Waals surface area contributed by atoms with Gasteiger partial charge in [-0.2, -0.15) is 0 Å². The van der Waals surface area contributed by atoms with Crippen molar-refractivity contribution in [1.29, 1.82) is 0 Å². The first kappa shape index (κ1) is 15.7. The maximum absolute atomic E-state index is 11.2. The number of fused-ring (bicyclic) bond motifs is 2. The van der Waals surface area contributed by atoms with E-state index in [4.69, 9.17) is 28.4 Å². The van der Waals surface area contributed by atoms with Gasteiger partial charge in [-0.05, 0) is 13.8 Å².